The molecular weight excluding hydrogens is 276 g/mol. The minimum atomic E-state index is -0.432. The van der Waals surface area contributed by atoms with E-state index in [1.54, 1.807) is 12.1 Å². The lowest BCUT2D eigenvalue weighted by Crippen LogP contribution is -2.17. The van der Waals surface area contributed by atoms with Crippen molar-refractivity contribution in [2.45, 2.75) is 19.4 Å². The van der Waals surface area contributed by atoms with Crippen molar-refractivity contribution in [2.24, 2.45) is 0 Å². The fourth-order valence-electron chi connectivity index (χ4n) is 1.31. The second-order valence-electron chi connectivity index (χ2n) is 3.48. The Morgan fingerprint density at radius 1 is 1.62 bits per heavy atom. The highest BCUT2D eigenvalue weighted by Crippen LogP contribution is 2.28. The third-order valence-corrected chi connectivity index (χ3v) is 2.61. The molecule has 0 heterocycles. The van der Waals surface area contributed by atoms with Crippen LogP contribution < -0.4 is 5.32 Å². The van der Waals surface area contributed by atoms with Crippen LogP contribution in [0.3, 0.4) is 0 Å². The third-order valence-electron chi connectivity index (χ3n) is 2.12. The summed E-state index contributed by atoms with van der Waals surface area (Å²) in [7, 11) is 0. The number of hydrogen-bond donors (Lipinski definition) is 2. The lowest BCUT2D eigenvalue weighted by Gasteiger charge is -2.13. The molecule has 0 radical (unpaired) electrons. The fraction of sp³-hybridized carbons (Fsp3) is 0.400. The summed E-state index contributed by atoms with van der Waals surface area (Å²) in [4.78, 5) is 10.4. The van der Waals surface area contributed by atoms with E-state index in [-0.39, 0.29) is 18.3 Å². The molecule has 1 atom stereocenters. The van der Waals surface area contributed by atoms with E-state index in [1.807, 2.05) is 6.92 Å². The lowest BCUT2D eigenvalue weighted by molar-refractivity contribution is -0.384. The van der Waals surface area contributed by atoms with Gasteiger partial charge in [-0.3, -0.25) is 10.1 Å². The maximum atomic E-state index is 10.8. The second-order valence-corrected chi connectivity index (χ2v) is 4.39. The molecule has 0 fully saturated rings. The van der Waals surface area contributed by atoms with Crippen LogP contribution in [-0.2, 0) is 0 Å². The van der Waals surface area contributed by atoms with Crippen molar-refractivity contribution in [1.82, 2.24) is 0 Å². The summed E-state index contributed by atoms with van der Waals surface area (Å²) in [6.45, 7) is 1.92. The van der Waals surface area contributed by atoms with E-state index in [0.717, 1.165) is 0 Å². The molecule has 88 valence electrons. The van der Waals surface area contributed by atoms with E-state index in [4.69, 9.17) is 5.11 Å². The van der Waals surface area contributed by atoms with Crippen molar-refractivity contribution >= 4 is 27.3 Å². The number of hydrogen-bond acceptors (Lipinski definition) is 4. The zero-order valence-electron chi connectivity index (χ0n) is 8.81. The summed E-state index contributed by atoms with van der Waals surface area (Å²) in [5.74, 6) is 0. The van der Waals surface area contributed by atoms with Crippen LogP contribution in [0.2, 0.25) is 0 Å². The number of aliphatic hydroxyl groups is 1. The summed E-state index contributed by atoms with van der Waals surface area (Å²) >= 11 is 3.19. The Kier molecular flexibility index (Phi) is 4.70. The van der Waals surface area contributed by atoms with Gasteiger partial charge in [-0.15, -0.1) is 0 Å². The Bertz CT molecular complexity index is 384. The molecule has 0 aromatic heterocycles. The number of benzene rings is 1. The minimum absolute atomic E-state index is 0.00937. The van der Waals surface area contributed by atoms with Crippen LogP contribution in [0.1, 0.15) is 13.3 Å². The molecule has 0 aliphatic rings. The normalized spacial score (nSPS) is 12.2. The molecule has 0 aliphatic carbocycles. The van der Waals surface area contributed by atoms with E-state index in [0.29, 0.717) is 16.6 Å². The molecule has 16 heavy (non-hydrogen) atoms. The third kappa shape index (κ3) is 3.46. The Hall–Kier alpha value is -1.14. The predicted octanol–water partition coefficient (Wildman–Crippen LogP) is 2.54. The summed E-state index contributed by atoms with van der Waals surface area (Å²) in [5.41, 5.74) is 0.494. The molecule has 1 unspecified atom stereocenters. The molecule has 1 aromatic rings. The quantitative estimate of drug-likeness (QED) is 0.645. The number of halogens is 1. The van der Waals surface area contributed by atoms with Crippen molar-refractivity contribution < 1.29 is 10.0 Å². The van der Waals surface area contributed by atoms with Gasteiger partial charge < -0.3 is 10.4 Å². The van der Waals surface area contributed by atoms with Crippen molar-refractivity contribution in [3.63, 3.8) is 0 Å². The van der Waals surface area contributed by atoms with Gasteiger partial charge in [-0.25, -0.2) is 0 Å². The highest BCUT2D eigenvalue weighted by atomic mass is 79.9. The van der Waals surface area contributed by atoms with Crippen molar-refractivity contribution in [2.75, 3.05) is 11.9 Å². The maximum Gasteiger partial charge on any atom is 0.293 e. The fourth-order valence-corrected chi connectivity index (χ4v) is 1.66. The van der Waals surface area contributed by atoms with Crippen LogP contribution in [0, 0.1) is 10.1 Å². The average Bonchev–Trinajstić information content (AvgIpc) is 2.20. The standard InChI is InChI=1S/C10H13BrN2O3/c1-7(4-5-14)12-9-3-2-8(11)6-10(9)13(15)16/h2-3,6-7,12,14H,4-5H2,1H3. The largest absolute Gasteiger partial charge is 0.396 e. The SMILES string of the molecule is CC(CCO)Nc1ccc(Br)cc1[N+](=O)[O-]. The number of nitro groups is 1. The van der Waals surface area contributed by atoms with Crippen LogP contribution in [0.25, 0.3) is 0 Å². The Morgan fingerprint density at radius 2 is 2.31 bits per heavy atom. The van der Waals surface area contributed by atoms with Gasteiger partial charge in [0.25, 0.3) is 5.69 Å². The number of anilines is 1. The number of nitro benzene ring substituents is 1. The summed E-state index contributed by atoms with van der Waals surface area (Å²) < 4.78 is 0.666. The first-order chi connectivity index (χ1) is 7.54. The smallest absolute Gasteiger partial charge is 0.293 e. The van der Waals surface area contributed by atoms with Gasteiger partial charge in [-0.05, 0) is 25.5 Å². The second kappa shape index (κ2) is 5.81. The zero-order valence-corrected chi connectivity index (χ0v) is 10.4. The number of rotatable bonds is 5. The van der Waals surface area contributed by atoms with Gasteiger partial charge in [0, 0.05) is 23.2 Å². The molecule has 0 bridgehead atoms. The first kappa shape index (κ1) is 12.9. The highest BCUT2D eigenvalue weighted by Gasteiger charge is 2.15. The van der Waals surface area contributed by atoms with Gasteiger partial charge in [0.2, 0.25) is 0 Å². The van der Waals surface area contributed by atoms with Crippen LogP contribution in [0.4, 0.5) is 11.4 Å². The number of nitrogens with zero attached hydrogens (tertiary/aromatic N) is 1. The lowest BCUT2D eigenvalue weighted by atomic mass is 10.2. The molecule has 0 aliphatic heterocycles. The van der Waals surface area contributed by atoms with Crippen molar-refractivity contribution in [3.05, 3.63) is 32.8 Å². The van der Waals surface area contributed by atoms with Gasteiger partial charge >= 0.3 is 0 Å². The van der Waals surface area contributed by atoms with Gasteiger partial charge in [0.05, 0.1) is 4.92 Å². The molecule has 1 rings (SSSR count). The first-order valence-electron chi connectivity index (χ1n) is 4.86. The van der Waals surface area contributed by atoms with E-state index < -0.39 is 4.92 Å². The molecule has 0 saturated heterocycles. The van der Waals surface area contributed by atoms with E-state index in [2.05, 4.69) is 21.2 Å². The summed E-state index contributed by atoms with van der Waals surface area (Å²) in [6.07, 6.45) is 0.549. The first-order valence-corrected chi connectivity index (χ1v) is 5.65. The van der Waals surface area contributed by atoms with Gasteiger partial charge in [-0.2, -0.15) is 0 Å². The minimum Gasteiger partial charge on any atom is -0.396 e. The van der Waals surface area contributed by atoms with Crippen LogP contribution >= 0.6 is 15.9 Å². The summed E-state index contributed by atoms with van der Waals surface area (Å²) in [5, 5.41) is 22.6. The Balaban J connectivity index is 2.90. The van der Waals surface area contributed by atoms with Gasteiger partial charge in [-0.1, -0.05) is 15.9 Å². The molecule has 0 saturated carbocycles. The van der Waals surface area contributed by atoms with Crippen LogP contribution in [-0.4, -0.2) is 22.7 Å². The molecule has 0 spiro atoms. The van der Waals surface area contributed by atoms with Gasteiger partial charge in [0.15, 0.2) is 0 Å². The Morgan fingerprint density at radius 3 is 2.88 bits per heavy atom. The molecule has 6 heteroatoms. The van der Waals surface area contributed by atoms with E-state index in [9.17, 15) is 10.1 Å². The maximum absolute atomic E-state index is 10.8. The number of nitrogens with one attached hydrogen (secondary N) is 1. The van der Waals surface area contributed by atoms with E-state index in [1.165, 1.54) is 6.07 Å². The molecular formula is C10H13BrN2O3. The molecule has 0 amide bonds. The van der Waals surface area contributed by atoms with Crippen molar-refractivity contribution in [3.8, 4) is 0 Å². The predicted molar refractivity (Wildman–Crippen MR) is 65.6 cm³/mol. The molecule has 2 N–H and O–H groups in total. The summed E-state index contributed by atoms with van der Waals surface area (Å²) in [6, 6.07) is 4.83. The van der Waals surface area contributed by atoms with Crippen molar-refractivity contribution in [1.29, 1.82) is 0 Å². The molecule has 1 aromatic carbocycles. The number of aliphatic hydroxyl groups excluding tert-OH is 1. The monoisotopic (exact) mass is 288 g/mol. The molecule has 5 nitrogen and oxygen atoms in total. The van der Waals surface area contributed by atoms with Crippen LogP contribution in [0.15, 0.2) is 22.7 Å². The van der Waals surface area contributed by atoms with E-state index >= 15 is 0 Å². The highest BCUT2D eigenvalue weighted by molar-refractivity contribution is 9.10. The Labute approximate surface area is 102 Å². The van der Waals surface area contributed by atoms with Gasteiger partial charge in [0.1, 0.15) is 5.69 Å². The van der Waals surface area contributed by atoms with Crippen LogP contribution in [0.5, 0.6) is 0 Å². The average molecular weight is 289 g/mol. The topological polar surface area (TPSA) is 75.4 Å². The zero-order chi connectivity index (χ0) is 12.1.